The van der Waals surface area contributed by atoms with Crippen molar-refractivity contribution in [3.8, 4) is 0 Å². The van der Waals surface area contributed by atoms with Gasteiger partial charge < -0.3 is 4.90 Å². The van der Waals surface area contributed by atoms with Crippen LogP contribution in [-0.2, 0) is 0 Å². The van der Waals surface area contributed by atoms with Crippen LogP contribution in [-0.4, -0.2) is 52.9 Å². The molecule has 0 radical (unpaired) electrons. The van der Waals surface area contributed by atoms with Crippen molar-refractivity contribution in [3.63, 3.8) is 0 Å². The van der Waals surface area contributed by atoms with Crippen molar-refractivity contribution in [2.24, 2.45) is 0 Å². The largest absolute Gasteiger partial charge is 0.336 e. The lowest BCUT2D eigenvalue weighted by Gasteiger charge is -2.37. The Bertz CT molecular complexity index is 593. The van der Waals surface area contributed by atoms with Crippen molar-refractivity contribution >= 4 is 23.2 Å². The van der Waals surface area contributed by atoms with Gasteiger partial charge in [-0.3, -0.25) is 19.8 Å². The standard InChI is InChI=1S/C14H16ClN3O3/c15-13-8-10(18(20)21)3-4-12(13)14(19)17-7-6-16-5-1-2-11(16)9-17/h3-4,8,11H,1-2,5-7,9H2. The van der Waals surface area contributed by atoms with Gasteiger partial charge in [0.05, 0.1) is 15.5 Å². The number of nitrogens with zero attached hydrogens (tertiary/aromatic N) is 3. The number of hydrogen-bond acceptors (Lipinski definition) is 4. The molecule has 6 nitrogen and oxygen atoms in total. The topological polar surface area (TPSA) is 66.7 Å². The number of fused-ring (bicyclic) bond motifs is 1. The van der Waals surface area contributed by atoms with Gasteiger partial charge in [0.1, 0.15) is 0 Å². The van der Waals surface area contributed by atoms with E-state index in [1.54, 1.807) is 4.90 Å². The van der Waals surface area contributed by atoms with E-state index < -0.39 is 4.92 Å². The Balaban J connectivity index is 1.77. The van der Waals surface area contributed by atoms with Gasteiger partial charge in [0.15, 0.2) is 0 Å². The van der Waals surface area contributed by atoms with Gasteiger partial charge in [-0.2, -0.15) is 0 Å². The molecule has 2 saturated heterocycles. The summed E-state index contributed by atoms with van der Waals surface area (Å²) in [4.78, 5) is 27.0. The minimum atomic E-state index is -0.516. The Morgan fingerprint density at radius 2 is 2.14 bits per heavy atom. The number of rotatable bonds is 2. The van der Waals surface area contributed by atoms with Crippen LogP contribution in [0.15, 0.2) is 18.2 Å². The fourth-order valence-corrected chi connectivity index (χ4v) is 3.39. The number of benzene rings is 1. The van der Waals surface area contributed by atoms with Crippen molar-refractivity contribution in [1.29, 1.82) is 0 Å². The molecule has 1 amide bonds. The fraction of sp³-hybridized carbons (Fsp3) is 0.500. The normalized spacial score (nSPS) is 22.1. The minimum Gasteiger partial charge on any atom is -0.336 e. The maximum atomic E-state index is 12.5. The van der Waals surface area contributed by atoms with Crippen LogP contribution in [0.1, 0.15) is 23.2 Å². The quantitative estimate of drug-likeness (QED) is 0.620. The third kappa shape index (κ3) is 2.73. The first-order valence-electron chi connectivity index (χ1n) is 7.03. The highest BCUT2D eigenvalue weighted by atomic mass is 35.5. The summed E-state index contributed by atoms with van der Waals surface area (Å²) in [5.41, 5.74) is 0.242. The zero-order chi connectivity index (χ0) is 15.0. The van der Waals surface area contributed by atoms with E-state index in [2.05, 4.69) is 4.90 Å². The Morgan fingerprint density at radius 3 is 2.86 bits per heavy atom. The molecule has 1 aromatic rings. The molecule has 0 saturated carbocycles. The molecule has 1 unspecified atom stereocenters. The second kappa shape index (κ2) is 5.61. The van der Waals surface area contributed by atoms with Gasteiger partial charge in [-0.25, -0.2) is 0 Å². The predicted octanol–water partition coefficient (Wildman–Crippen LogP) is 2.17. The zero-order valence-electron chi connectivity index (χ0n) is 11.5. The van der Waals surface area contributed by atoms with Gasteiger partial charge in [-0.05, 0) is 25.5 Å². The van der Waals surface area contributed by atoms with Crippen LogP contribution >= 0.6 is 11.6 Å². The highest BCUT2D eigenvalue weighted by Gasteiger charge is 2.33. The van der Waals surface area contributed by atoms with Crippen LogP contribution in [0.4, 0.5) is 5.69 Å². The summed E-state index contributed by atoms with van der Waals surface area (Å²) < 4.78 is 0. The van der Waals surface area contributed by atoms with Crippen molar-refractivity contribution in [3.05, 3.63) is 38.9 Å². The van der Waals surface area contributed by atoms with E-state index in [4.69, 9.17) is 11.6 Å². The zero-order valence-corrected chi connectivity index (χ0v) is 12.3. The molecule has 0 spiro atoms. The highest BCUT2D eigenvalue weighted by Crippen LogP contribution is 2.26. The second-order valence-corrected chi connectivity index (χ2v) is 5.91. The number of nitro benzene ring substituents is 1. The Morgan fingerprint density at radius 1 is 1.33 bits per heavy atom. The maximum Gasteiger partial charge on any atom is 0.270 e. The molecule has 1 atom stereocenters. The van der Waals surface area contributed by atoms with Gasteiger partial charge in [0.2, 0.25) is 0 Å². The van der Waals surface area contributed by atoms with Gasteiger partial charge in [-0.15, -0.1) is 0 Å². The van der Waals surface area contributed by atoms with Crippen molar-refractivity contribution in [2.45, 2.75) is 18.9 Å². The molecular weight excluding hydrogens is 294 g/mol. The maximum absolute atomic E-state index is 12.5. The number of amides is 1. The number of hydrogen-bond donors (Lipinski definition) is 0. The van der Waals surface area contributed by atoms with E-state index in [-0.39, 0.29) is 16.6 Å². The van der Waals surface area contributed by atoms with Gasteiger partial charge in [0, 0.05) is 37.8 Å². The molecule has 0 bridgehead atoms. The lowest BCUT2D eigenvalue weighted by atomic mass is 10.1. The van der Waals surface area contributed by atoms with Gasteiger partial charge in [-0.1, -0.05) is 11.6 Å². The number of halogens is 1. The Kier molecular flexibility index (Phi) is 3.82. The lowest BCUT2D eigenvalue weighted by molar-refractivity contribution is -0.384. The van der Waals surface area contributed by atoms with Crippen molar-refractivity contribution < 1.29 is 9.72 Å². The molecule has 7 heteroatoms. The SMILES string of the molecule is O=C(c1ccc([N+](=O)[O-])cc1Cl)N1CCN2CCCC2C1. The Labute approximate surface area is 127 Å². The summed E-state index contributed by atoms with van der Waals surface area (Å²) in [5.74, 6) is -0.138. The molecule has 3 rings (SSSR count). The molecule has 2 heterocycles. The molecule has 1 aromatic carbocycles. The van der Waals surface area contributed by atoms with E-state index in [0.717, 1.165) is 19.5 Å². The molecule has 2 fully saturated rings. The average molecular weight is 310 g/mol. The van der Waals surface area contributed by atoms with Crippen LogP contribution in [0.5, 0.6) is 0 Å². The van der Waals surface area contributed by atoms with Gasteiger partial charge >= 0.3 is 0 Å². The first kappa shape index (κ1) is 14.3. The molecule has 0 N–H and O–H groups in total. The van der Waals surface area contributed by atoms with Crippen LogP contribution in [0.3, 0.4) is 0 Å². The summed E-state index contributed by atoms with van der Waals surface area (Å²) in [5, 5.41) is 10.8. The minimum absolute atomic E-state index is 0.0998. The summed E-state index contributed by atoms with van der Waals surface area (Å²) in [6.45, 7) is 3.40. The smallest absolute Gasteiger partial charge is 0.270 e. The van der Waals surface area contributed by atoms with E-state index in [0.29, 0.717) is 24.7 Å². The summed E-state index contributed by atoms with van der Waals surface area (Å²) in [6, 6.07) is 4.45. The number of nitro groups is 1. The monoisotopic (exact) mass is 309 g/mol. The predicted molar refractivity (Wildman–Crippen MR) is 78.6 cm³/mol. The number of carbonyl (C=O) groups is 1. The first-order chi connectivity index (χ1) is 10.1. The fourth-order valence-electron chi connectivity index (χ4n) is 3.14. The van der Waals surface area contributed by atoms with Crippen LogP contribution in [0.2, 0.25) is 5.02 Å². The van der Waals surface area contributed by atoms with E-state index >= 15 is 0 Å². The van der Waals surface area contributed by atoms with E-state index in [1.165, 1.54) is 24.6 Å². The van der Waals surface area contributed by atoms with Crippen molar-refractivity contribution in [2.75, 3.05) is 26.2 Å². The molecular formula is C14H16ClN3O3. The average Bonchev–Trinajstić information content (AvgIpc) is 2.93. The molecule has 2 aliphatic heterocycles. The lowest BCUT2D eigenvalue weighted by Crippen LogP contribution is -2.52. The molecule has 0 aromatic heterocycles. The van der Waals surface area contributed by atoms with E-state index in [9.17, 15) is 14.9 Å². The summed E-state index contributed by atoms with van der Waals surface area (Å²) in [6.07, 6.45) is 2.31. The number of non-ortho nitro benzene ring substituents is 1. The highest BCUT2D eigenvalue weighted by molar-refractivity contribution is 6.34. The second-order valence-electron chi connectivity index (χ2n) is 5.50. The number of carbonyl (C=O) groups excluding carboxylic acids is 1. The molecule has 112 valence electrons. The van der Waals surface area contributed by atoms with Crippen LogP contribution in [0.25, 0.3) is 0 Å². The third-order valence-electron chi connectivity index (χ3n) is 4.27. The van der Waals surface area contributed by atoms with Crippen LogP contribution < -0.4 is 0 Å². The first-order valence-corrected chi connectivity index (χ1v) is 7.41. The number of piperazine rings is 1. The van der Waals surface area contributed by atoms with Gasteiger partial charge in [0.25, 0.3) is 11.6 Å². The Hall–Kier alpha value is -1.66. The molecule has 2 aliphatic rings. The van der Waals surface area contributed by atoms with Crippen molar-refractivity contribution in [1.82, 2.24) is 9.80 Å². The van der Waals surface area contributed by atoms with Crippen LogP contribution in [0, 0.1) is 10.1 Å². The third-order valence-corrected chi connectivity index (χ3v) is 4.58. The summed E-state index contributed by atoms with van der Waals surface area (Å²) >= 11 is 6.04. The summed E-state index contributed by atoms with van der Waals surface area (Å²) in [7, 11) is 0. The van der Waals surface area contributed by atoms with E-state index in [1.807, 2.05) is 0 Å². The molecule has 21 heavy (non-hydrogen) atoms. The molecule has 0 aliphatic carbocycles.